The Morgan fingerprint density at radius 2 is 2.00 bits per heavy atom. The molecule has 2 aromatic heterocycles. The predicted octanol–water partition coefficient (Wildman–Crippen LogP) is 4.10. The van der Waals surface area contributed by atoms with Gasteiger partial charge in [-0.2, -0.15) is 0 Å². The molecule has 0 spiro atoms. The molecule has 0 bridgehead atoms. The van der Waals surface area contributed by atoms with E-state index in [1.165, 1.54) is 49.1 Å². The number of aromatic nitrogens is 2. The predicted molar refractivity (Wildman–Crippen MR) is 133 cm³/mol. The normalized spacial score (nSPS) is 20.0. The molecule has 1 aliphatic heterocycles. The van der Waals surface area contributed by atoms with E-state index in [1.807, 2.05) is 0 Å². The molecule has 0 radical (unpaired) electrons. The number of carbonyl (C=O) groups excluding carboxylic acids is 2. The second-order valence-corrected chi connectivity index (χ2v) is 10.2. The van der Waals surface area contributed by atoms with Crippen LogP contribution in [0.25, 0.3) is 10.9 Å². The van der Waals surface area contributed by atoms with E-state index in [9.17, 15) is 14.4 Å². The molecule has 1 saturated heterocycles. The molecular weight excluding hydrogens is 466 g/mol. The zero-order chi connectivity index (χ0) is 24.4. The number of methoxy groups -OCH3 is 1. The molecule has 8 nitrogen and oxygen atoms in total. The molecule has 1 saturated carbocycles. The van der Waals surface area contributed by atoms with E-state index >= 15 is 0 Å². The van der Waals surface area contributed by atoms with Crippen molar-refractivity contribution in [3.8, 4) is 0 Å². The summed E-state index contributed by atoms with van der Waals surface area (Å²) in [5, 5.41) is 0.812. The summed E-state index contributed by atoms with van der Waals surface area (Å²) in [7, 11) is 1.31. The van der Waals surface area contributed by atoms with Gasteiger partial charge >= 0.3 is 5.97 Å². The van der Waals surface area contributed by atoms with Crippen LogP contribution in [-0.2, 0) is 16.1 Å². The Hall–Kier alpha value is -3.07. The van der Waals surface area contributed by atoms with Gasteiger partial charge in [-0.25, -0.2) is 9.78 Å². The van der Waals surface area contributed by atoms with Gasteiger partial charge in [0.25, 0.3) is 5.56 Å². The maximum atomic E-state index is 13.4. The monoisotopic (exact) mass is 495 g/mol. The van der Waals surface area contributed by atoms with Crippen LogP contribution in [0.4, 0.5) is 0 Å². The van der Waals surface area contributed by atoms with Crippen molar-refractivity contribution in [3.63, 3.8) is 0 Å². The van der Waals surface area contributed by atoms with Crippen molar-refractivity contribution in [2.75, 3.05) is 19.4 Å². The highest BCUT2D eigenvalue weighted by atomic mass is 32.2. The second kappa shape index (κ2) is 10.3. The van der Waals surface area contributed by atoms with Crippen molar-refractivity contribution in [3.05, 3.63) is 58.3 Å². The summed E-state index contributed by atoms with van der Waals surface area (Å²) in [6.07, 6.45) is 8.53. The van der Waals surface area contributed by atoms with Gasteiger partial charge in [0.05, 0.1) is 42.1 Å². The first-order valence-electron chi connectivity index (χ1n) is 12.1. The highest BCUT2D eigenvalue weighted by Gasteiger charge is 2.35. The average molecular weight is 496 g/mol. The van der Waals surface area contributed by atoms with Crippen LogP contribution in [0.5, 0.6) is 0 Å². The summed E-state index contributed by atoms with van der Waals surface area (Å²) in [5.41, 5.74) is 0.469. The molecule has 3 aromatic rings. The molecule has 3 heterocycles. The van der Waals surface area contributed by atoms with Crippen LogP contribution in [0.2, 0.25) is 0 Å². The smallest absolute Gasteiger partial charge is 0.337 e. The number of nitrogens with zero attached hydrogens (tertiary/aromatic N) is 3. The van der Waals surface area contributed by atoms with Gasteiger partial charge in [0.2, 0.25) is 5.91 Å². The summed E-state index contributed by atoms with van der Waals surface area (Å²) in [6.45, 7) is 1.01. The minimum Gasteiger partial charge on any atom is -0.467 e. The van der Waals surface area contributed by atoms with Crippen molar-refractivity contribution in [1.82, 2.24) is 14.5 Å². The van der Waals surface area contributed by atoms with Gasteiger partial charge in [-0.15, -0.1) is 0 Å². The minimum atomic E-state index is -0.495. The first kappa shape index (κ1) is 23.7. The molecule has 35 heavy (non-hydrogen) atoms. The zero-order valence-electron chi connectivity index (χ0n) is 19.8. The van der Waals surface area contributed by atoms with Crippen LogP contribution in [0.3, 0.4) is 0 Å². The number of ether oxygens (including phenoxy) is 1. The number of rotatable bonds is 6. The number of hydrogen-bond donors (Lipinski definition) is 0. The lowest BCUT2D eigenvalue weighted by atomic mass is 9.78. The fourth-order valence-electron chi connectivity index (χ4n) is 5.40. The fraction of sp³-hybridized carbons (Fsp3) is 0.462. The summed E-state index contributed by atoms with van der Waals surface area (Å²) in [4.78, 5) is 45.5. The summed E-state index contributed by atoms with van der Waals surface area (Å²) in [6, 6.07) is 8.61. The summed E-state index contributed by atoms with van der Waals surface area (Å²) >= 11 is 1.26. The average Bonchev–Trinajstić information content (AvgIpc) is 3.41. The zero-order valence-corrected chi connectivity index (χ0v) is 20.6. The molecule has 2 atom stereocenters. The van der Waals surface area contributed by atoms with E-state index in [1.54, 1.807) is 36.6 Å². The lowest BCUT2D eigenvalue weighted by molar-refractivity contribution is -0.134. The number of piperidine rings is 1. The third-order valence-electron chi connectivity index (χ3n) is 7.12. The molecule has 2 fully saturated rings. The Morgan fingerprint density at radius 3 is 2.80 bits per heavy atom. The largest absolute Gasteiger partial charge is 0.467 e. The van der Waals surface area contributed by atoms with Crippen LogP contribution in [-0.4, -0.2) is 51.8 Å². The number of amides is 1. The Morgan fingerprint density at radius 1 is 1.17 bits per heavy atom. The first-order chi connectivity index (χ1) is 17.0. The molecule has 0 N–H and O–H groups in total. The Bertz CT molecular complexity index is 1280. The number of furan rings is 1. The van der Waals surface area contributed by atoms with Crippen LogP contribution in [0.1, 0.15) is 54.6 Å². The van der Waals surface area contributed by atoms with Crippen molar-refractivity contribution < 1.29 is 18.7 Å². The van der Waals surface area contributed by atoms with E-state index in [0.29, 0.717) is 39.3 Å². The lowest BCUT2D eigenvalue weighted by Crippen LogP contribution is -2.50. The van der Waals surface area contributed by atoms with Gasteiger partial charge in [0.15, 0.2) is 5.16 Å². The molecule has 9 heteroatoms. The maximum Gasteiger partial charge on any atom is 0.337 e. The lowest BCUT2D eigenvalue weighted by Gasteiger charge is -2.44. The molecule has 1 aromatic carbocycles. The van der Waals surface area contributed by atoms with Gasteiger partial charge in [-0.3, -0.25) is 14.2 Å². The first-order valence-corrected chi connectivity index (χ1v) is 13.1. The number of carbonyl (C=O) groups is 2. The highest BCUT2D eigenvalue weighted by Crippen LogP contribution is 2.35. The van der Waals surface area contributed by atoms with Crippen LogP contribution in [0, 0.1) is 5.92 Å². The standard InChI is InChI=1S/C26H29N3O5S/c1-33-25(32)18-10-11-20-21(14-18)27-26(29(24(20)31)15-19-8-5-13-34-19)35-16-23(30)28-12-4-7-17-6-2-3-9-22(17)28/h5,8,10-11,13-14,17,22H,2-4,6-7,9,12,15-16H2,1H3. The number of esters is 1. The number of thioether (sulfide) groups is 1. The van der Waals surface area contributed by atoms with Crippen molar-refractivity contribution >= 4 is 34.5 Å². The Kier molecular flexibility index (Phi) is 6.95. The highest BCUT2D eigenvalue weighted by molar-refractivity contribution is 7.99. The third-order valence-corrected chi connectivity index (χ3v) is 8.08. The van der Waals surface area contributed by atoms with Crippen LogP contribution < -0.4 is 5.56 Å². The topological polar surface area (TPSA) is 94.6 Å². The molecule has 1 aliphatic carbocycles. The minimum absolute atomic E-state index is 0.0915. The summed E-state index contributed by atoms with van der Waals surface area (Å²) < 4.78 is 11.8. The quantitative estimate of drug-likeness (QED) is 0.289. The Labute approximate surface area is 207 Å². The Balaban J connectivity index is 1.45. The molecule has 5 rings (SSSR count). The van der Waals surface area contributed by atoms with Crippen LogP contribution in [0.15, 0.2) is 51.0 Å². The number of likely N-dealkylation sites (tertiary alicyclic amines) is 1. The van der Waals surface area contributed by atoms with Crippen molar-refractivity contribution in [1.29, 1.82) is 0 Å². The van der Waals surface area contributed by atoms with E-state index in [-0.39, 0.29) is 23.8 Å². The van der Waals surface area contributed by atoms with Gasteiger partial charge < -0.3 is 14.1 Å². The van der Waals surface area contributed by atoms with E-state index in [0.717, 1.165) is 19.4 Å². The van der Waals surface area contributed by atoms with Crippen LogP contribution >= 0.6 is 11.8 Å². The van der Waals surface area contributed by atoms with Crippen molar-refractivity contribution in [2.45, 2.75) is 56.3 Å². The SMILES string of the molecule is COC(=O)c1ccc2c(=O)n(Cc3ccco3)c(SCC(=O)N3CCCC4CCCCC43)nc2c1. The second-order valence-electron chi connectivity index (χ2n) is 9.22. The van der Waals surface area contributed by atoms with Gasteiger partial charge in [-0.1, -0.05) is 24.6 Å². The van der Waals surface area contributed by atoms with E-state index < -0.39 is 5.97 Å². The molecule has 2 unspecified atom stereocenters. The number of hydrogen-bond acceptors (Lipinski definition) is 7. The maximum absolute atomic E-state index is 13.4. The fourth-order valence-corrected chi connectivity index (χ4v) is 6.28. The van der Waals surface area contributed by atoms with Gasteiger partial charge in [-0.05, 0) is 61.9 Å². The number of benzene rings is 1. The van der Waals surface area contributed by atoms with E-state index in [4.69, 9.17) is 14.1 Å². The third kappa shape index (κ3) is 4.87. The van der Waals surface area contributed by atoms with E-state index in [2.05, 4.69) is 4.90 Å². The van der Waals surface area contributed by atoms with Crippen molar-refractivity contribution in [2.24, 2.45) is 5.92 Å². The summed E-state index contributed by atoms with van der Waals surface area (Å²) in [5.74, 6) is 1.03. The molecule has 184 valence electrons. The molecule has 1 amide bonds. The molecular formula is C26H29N3O5S. The van der Waals surface area contributed by atoms with Gasteiger partial charge in [0, 0.05) is 12.6 Å². The van der Waals surface area contributed by atoms with Gasteiger partial charge in [0.1, 0.15) is 5.76 Å². The number of fused-ring (bicyclic) bond motifs is 2. The molecule has 2 aliphatic rings.